The fourth-order valence-electron chi connectivity index (χ4n) is 9.33. The molecule has 0 spiro atoms. The summed E-state index contributed by atoms with van der Waals surface area (Å²) in [5.74, 6) is 0.106. The number of piperidine rings is 1. The van der Waals surface area contributed by atoms with Crippen LogP contribution in [0.1, 0.15) is 72.1 Å². The second-order valence-corrected chi connectivity index (χ2v) is 16.6. The quantitative estimate of drug-likeness (QED) is 0.145. The minimum atomic E-state index is -0.963. The maximum absolute atomic E-state index is 13.2. The average Bonchev–Trinajstić information content (AvgIpc) is 3.61. The monoisotopic (exact) mass is 782 g/mol. The van der Waals surface area contributed by atoms with Gasteiger partial charge in [0.1, 0.15) is 12.1 Å². The van der Waals surface area contributed by atoms with Gasteiger partial charge in [-0.15, -0.1) is 0 Å². The summed E-state index contributed by atoms with van der Waals surface area (Å²) >= 11 is 0. The highest BCUT2D eigenvalue weighted by Crippen LogP contribution is 2.39. The first-order valence-electron chi connectivity index (χ1n) is 20.5. The van der Waals surface area contributed by atoms with Crippen molar-refractivity contribution in [1.29, 1.82) is 0 Å². The summed E-state index contributed by atoms with van der Waals surface area (Å²) in [5, 5.41) is 4.59. The molecular weight excluding hydrogens is 737 g/mol. The number of aromatic nitrogens is 3. The lowest BCUT2D eigenvalue weighted by Crippen LogP contribution is -2.54. The van der Waals surface area contributed by atoms with E-state index < -0.39 is 23.8 Å². The minimum Gasteiger partial charge on any atom is -0.474 e. The van der Waals surface area contributed by atoms with Crippen LogP contribution in [-0.2, 0) is 26.1 Å². The van der Waals surface area contributed by atoms with Crippen LogP contribution >= 0.6 is 0 Å². The zero-order valence-electron chi connectivity index (χ0n) is 32.5. The zero-order chi connectivity index (χ0) is 39.5. The SMILES string of the molecule is Cn1c2ccncc2c2ccc(-c3ccc(O[C@H]4C[C@H](OCCC5CC(CCOC6CN(c7ccc8c(c7)C(=O)N(C7CCC(=O)NC7=O)C8=O)C6)C5)C4)nc3)cc21. The minimum absolute atomic E-state index is 0.0981. The maximum atomic E-state index is 13.2. The predicted molar refractivity (Wildman–Crippen MR) is 215 cm³/mol. The van der Waals surface area contributed by atoms with Crippen molar-refractivity contribution in [3.05, 3.63) is 84.3 Å². The van der Waals surface area contributed by atoms with Crippen molar-refractivity contribution in [3.63, 3.8) is 0 Å². The van der Waals surface area contributed by atoms with E-state index in [2.05, 4.69) is 62.1 Å². The molecule has 2 saturated heterocycles. The van der Waals surface area contributed by atoms with E-state index in [-0.39, 0.29) is 37.1 Å². The topological polar surface area (TPSA) is 145 Å². The lowest BCUT2D eigenvalue weighted by Gasteiger charge is -2.41. The third-order valence-corrected chi connectivity index (χ3v) is 12.9. The Bertz CT molecular complexity index is 2430. The first-order valence-corrected chi connectivity index (χ1v) is 20.5. The smallest absolute Gasteiger partial charge is 0.262 e. The summed E-state index contributed by atoms with van der Waals surface area (Å²) in [6.45, 7) is 2.98. The Balaban J connectivity index is 0.593. The largest absolute Gasteiger partial charge is 0.474 e. The number of imide groups is 2. The highest BCUT2D eigenvalue weighted by atomic mass is 16.5. The van der Waals surface area contributed by atoms with Crippen LogP contribution < -0.4 is 15.0 Å². The molecule has 1 unspecified atom stereocenters. The van der Waals surface area contributed by atoms with Gasteiger partial charge in [0.15, 0.2) is 0 Å². The number of nitrogens with one attached hydrogen (secondary N) is 1. The van der Waals surface area contributed by atoms with Crippen LogP contribution in [-0.4, -0.2) is 93.7 Å². The molecule has 298 valence electrons. The number of benzene rings is 2. The maximum Gasteiger partial charge on any atom is 0.262 e. The number of rotatable bonds is 13. The molecule has 2 aliphatic carbocycles. The zero-order valence-corrected chi connectivity index (χ0v) is 32.5. The highest BCUT2D eigenvalue weighted by Gasteiger charge is 2.45. The Morgan fingerprint density at radius 2 is 1.50 bits per heavy atom. The van der Waals surface area contributed by atoms with Crippen LogP contribution in [0.15, 0.2) is 73.2 Å². The van der Waals surface area contributed by atoms with Gasteiger partial charge >= 0.3 is 0 Å². The molecule has 4 amide bonds. The molecule has 1 atom stereocenters. The van der Waals surface area contributed by atoms with Crippen LogP contribution in [0.25, 0.3) is 32.9 Å². The van der Waals surface area contributed by atoms with Gasteiger partial charge in [0.2, 0.25) is 17.7 Å². The Hall–Kier alpha value is -5.66. The van der Waals surface area contributed by atoms with Crippen molar-refractivity contribution < 1.29 is 33.4 Å². The third kappa shape index (κ3) is 6.79. The molecule has 4 fully saturated rings. The number of carbonyl (C=O) groups is 4. The van der Waals surface area contributed by atoms with E-state index >= 15 is 0 Å². The number of hydrogen-bond donors (Lipinski definition) is 1. The van der Waals surface area contributed by atoms with Gasteiger partial charge in [-0.25, -0.2) is 4.98 Å². The molecule has 13 heteroatoms. The molecule has 3 aromatic heterocycles. The number of aryl methyl sites for hydroxylation is 1. The molecule has 5 aromatic rings. The number of hydrogen-bond acceptors (Lipinski definition) is 10. The van der Waals surface area contributed by atoms with Crippen LogP contribution in [0.3, 0.4) is 0 Å². The molecule has 2 aromatic carbocycles. The van der Waals surface area contributed by atoms with Crippen LogP contribution in [0.5, 0.6) is 5.88 Å². The molecule has 0 radical (unpaired) electrons. The van der Waals surface area contributed by atoms with E-state index in [0.717, 1.165) is 85.0 Å². The van der Waals surface area contributed by atoms with Gasteiger partial charge < -0.3 is 23.7 Å². The van der Waals surface area contributed by atoms with E-state index in [1.165, 1.54) is 29.3 Å². The molecule has 2 saturated carbocycles. The van der Waals surface area contributed by atoms with Gasteiger partial charge in [0.05, 0.1) is 28.9 Å². The van der Waals surface area contributed by atoms with Gasteiger partial charge in [-0.05, 0) is 85.9 Å². The molecule has 58 heavy (non-hydrogen) atoms. The molecule has 6 heterocycles. The Morgan fingerprint density at radius 1 is 0.741 bits per heavy atom. The summed E-state index contributed by atoms with van der Waals surface area (Å²) < 4.78 is 20.7. The number of nitrogens with zero attached hydrogens (tertiary/aromatic N) is 5. The Kier molecular flexibility index (Phi) is 9.44. The number of amides is 4. The molecule has 5 aliphatic rings. The molecule has 13 nitrogen and oxygen atoms in total. The Labute approximate surface area is 335 Å². The van der Waals surface area contributed by atoms with Crippen molar-refractivity contribution in [1.82, 2.24) is 24.8 Å². The summed E-state index contributed by atoms with van der Waals surface area (Å²) in [6.07, 6.45) is 12.8. The fourth-order valence-corrected chi connectivity index (χ4v) is 9.33. The fraction of sp³-hybridized carbons (Fsp3) is 0.422. The standard InChI is InChI=1S/C45H46N6O7/c1-49-38-10-13-46-23-37(38)34-5-2-28(18-40(34)49)29-3-9-42(47-22-29)58-32-20-31(21-32)56-14-11-26-16-27(17-26)12-15-57-33-24-50(25-33)30-4-6-35-36(19-30)45(55)51(44(35)54)39-7-8-41(52)48-43(39)53/h2-6,9-10,13,18-19,22-23,26-27,31-33,39H,7-8,11-12,14-17,20-21,24-25H2,1H3,(H,48,52,53)/t26?,27?,31-,32-,39?. The Morgan fingerprint density at radius 3 is 2.26 bits per heavy atom. The number of anilines is 1. The van der Waals surface area contributed by atoms with Gasteiger partial charge in [0.25, 0.3) is 11.8 Å². The molecule has 3 aliphatic heterocycles. The van der Waals surface area contributed by atoms with Gasteiger partial charge in [0, 0.05) is 105 Å². The second-order valence-electron chi connectivity index (χ2n) is 16.6. The normalized spacial score (nSPS) is 24.5. The number of fused-ring (bicyclic) bond motifs is 4. The predicted octanol–water partition coefficient (Wildman–Crippen LogP) is 5.83. The van der Waals surface area contributed by atoms with E-state index in [0.29, 0.717) is 22.9 Å². The second kappa shape index (κ2) is 14.9. The summed E-state index contributed by atoms with van der Waals surface area (Å²) in [5.41, 5.74) is 5.96. The molecule has 1 N–H and O–H groups in total. The van der Waals surface area contributed by atoms with E-state index in [1.54, 1.807) is 12.1 Å². The van der Waals surface area contributed by atoms with Crippen LogP contribution in [0.2, 0.25) is 0 Å². The number of carbonyl (C=O) groups excluding carboxylic acids is 4. The molecular formula is C45H46N6O7. The first-order chi connectivity index (χ1) is 28.3. The molecule has 0 bridgehead atoms. The first kappa shape index (κ1) is 36.7. The van der Waals surface area contributed by atoms with Gasteiger partial charge in [-0.2, -0.15) is 0 Å². The third-order valence-electron chi connectivity index (χ3n) is 12.9. The van der Waals surface area contributed by atoms with Crippen molar-refractivity contribution in [2.24, 2.45) is 18.9 Å². The number of ether oxygens (including phenoxy) is 3. The van der Waals surface area contributed by atoms with Gasteiger partial charge in [-0.1, -0.05) is 12.1 Å². The average molecular weight is 783 g/mol. The lowest BCUT2D eigenvalue weighted by molar-refractivity contribution is -0.136. The van der Waals surface area contributed by atoms with Crippen molar-refractivity contribution in [3.8, 4) is 17.0 Å². The summed E-state index contributed by atoms with van der Waals surface area (Å²) in [6, 6.07) is 16.9. The van der Waals surface area contributed by atoms with Crippen molar-refractivity contribution in [2.75, 3.05) is 31.2 Å². The highest BCUT2D eigenvalue weighted by molar-refractivity contribution is 6.23. The lowest BCUT2D eigenvalue weighted by atomic mass is 9.72. The van der Waals surface area contributed by atoms with Crippen molar-refractivity contribution in [2.45, 2.75) is 75.7 Å². The van der Waals surface area contributed by atoms with Gasteiger partial charge in [-0.3, -0.25) is 34.4 Å². The molecule has 10 rings (SSSR count). The van der Waals surface area contributed by atoms with Crippen LogP contribution in [0.4, 0.5) is 5.69 Å². The van der Waals surface area contributed by atoms with Crippen molar-refractivity contribution >= 4 is 51.1 Å². The van der Waals surface area contributed by atoms with E-state index in [9.17, 15) is 19.2 Å². The summed E-state index contributed by atoms with van der Waals surface area (Å²) in [4.78, 5) is 62.2. The summed E-state index contributed by atoms with van der Waals surface area (Å²) in [7, 11) is 2.09. The number of pyridine rings is 2. The van der Waals surface area contributed by atoms with E-state index in [1.807, 2.05) is 30.7 Å². The van der Waals surface area contributed by atoms with E-state index in [4.69, 9.17) is 14.2 Å². The van der Waals surface area contributed by atoms with Crippen LogP contribution in [0, 0.1) is 11.8 Å².